The molecule has 0 fully saturated rings. The Morgan fingerprint density at radius 1 is 0.365 bits per heavy atom. The number of hydrogen-bond acceptors (Lipinski definition) is 3. The van der Waals surface area contributed by atoms with Crippen LogP contribution in [-0.4, -0.2) is 15.0 Å². The molecule has 0 aliphatic heterocycles. The topological polar surface area (TPSA) is 38.7 Å². The highest BCUT2D eigenvalue weighted by molar-refractivity contribution is 5.61. The van der Waals surface area contributed by atoms with E-state index in [4.69, 9.17) is 0 Å². The zero-order valence-electron chi connectivity index (χ0n) is 30.8. The molecule has 0 amide bonds. The fraction of sp³-hybridized carbons (Fsp3) is 0.204. The third-order valence-electron chi connectivity index (χ3n) is 10.3. The maximum atomic E-state index is 4.55. The van der Waals surface area contributed by atoms with Crippen LogP contribution in [0.25, 0.3) is 33.8 Å². The van der Waals surface area contributed by atoms with E-state index in [-0.39, 0.29) is 10.8 Å². The number of hydrogen-bond donors (Lipinski definition) is 0. The Hall–Kier alpha value is -5.67. The Labute approximate surface area is 309 Å². The van der Waals surface area contributed by atoms with Gasteiger partial charge in [0.15, 0.2) is 0 Å². The number of aromatic nitrogens is 3. The summed E-state index contributed by atoms with van der Waals surface area (Å²) in [6.45, 7) is 9.47. The predicted octanol–water partition coefficient (Wildman–Crippen LogP) is 11.7. The average Bonchev–Trinajstić information content (AvgIpc) is 3.18. The second-order valence-electron chi connectivity index (χ2n) is 15.3. The third kappa shape index (κ3) is 8.44. The highest BCUT2D eigenvalue weighted by Gasteiger charge is 2.25. The summed E-state index contributed by atoms with van der Waals surface area (Å²) < 4.78 is 0. The average molecular weight is 678 g/mol. The Morgan fingerprint density at radius 3 is 1.08 bits per heavy atom. The third-order valence-corrected chi connectivity index (χ3v) is 10.3. The highest BCUT2D eigenvalue weighted by atomic mass is 14.7. The molecule has 0 aliphatic carbocycles. The lowest BCUT2D eigenvalue weighted by Crippen LogP contribution is -2.22. The van der Waals surface area contributed by atoms with Gasteiger partial charge < -0.3 is 0 Å². The number of nitrogens with zero attached hydrogens (tertiary/aromatic N) is 3. The highest BCUT2D eigenvalue weighted by Crippen LogP contribution is 2.34. The van der Waals surface area contributed by atoms with Crippen molar-refractivity contribution in [3.8, 4) is 33.8 Å². The van der Waals surface area contributed by atoms with Crippen LogP contribution in [0.5, 0.6) is 0 Å². The molecule has 3 heteroatoms. The molecular formula is C49H47N3. The van der Waals surface area contributed by atoms with Gasteiger partial charge in [0.05, 0.1) is 17.1 Å². The molecule has 3 nitrogen and oxygen atoms in total. The fourth-order valence-electron chi connectivity index (χ4n) is 7.33. The van der Waals surface area contributed by atoms with E-state index >= 15 is 0 Å². The van der Waals surface area contributed by atoms with Gasteiger partial charge >= 0.3 is 0 Å². The summed E-state index contributed by atoms with van der Waals surface area (Å²) in [7, 11) is 0. The minimum atomic E-state index is -0.0450. The van der Waals surface area contributed by atoms with Crippen LogP contribution < -0.4 is 0 Å². The number of pyridine rings is 3. The van der Waals surface area contributed by atoms with Crippen LogP contribution in [0.2, 0.25) is 0 Å². The van der Waals surface area contributed by atoms with Crippen molar-refractivity contribution in [1.82, 2.24) is 15.0 Å². The van der Waals surface area contributed by atoms with E-state index in [2.05, 4.69) is 152 Å². The van der Waals surface area contributed by atoms with E-state index < -0.39 is 0 Å². The Morgan fingerprint density at radius 2 is 0.712 bits per heavy atom. The van der Waals surface area contributed by atoms with Crippen LogP contribution in [0.15, 0.2) is 164 Å². The minimum Gasteiger partial charge on any atom is -0.256 e. The molecule has 0 bridgehead atoms. The summed E-state index contributed by atoms with van der Waals surface area (Å²) >= 11 is 0. The van der Waals surface area contributed by atoms with Gasteiger partial charge in [-0.3, -0.25) is 15.0 Å². The maximum Gasteiger partial charge on any atom is 0.0701 e. The molecule has 0 saturated carbocycles. The summed E-state index contributed by atoms with van der Waals surface area (Å²) in [6.07, 6.45) is 9.44. The van der Waals surface area contributed by atoms with Gasteiger partial charge in [0, 0.05) is 35.3 Å². The van der Waals surface area contributed by atoms with Crippen LogP contribution in [0, 0.1) is 0 Å². The van der Waals surface area contributed by atoms with Crippen molar-refractivity contribution in [2.75, 3.05) is 0 Å². The van der Waals surface area contributed by atoms with Crippen LogP contribution in [0.3, 0.4) is 0 Å². The fourth-order valence-corrected chi connectivity index (χ4v) is 7.33. The predicted molar refractivity (Wildman–Crippen MR) is 216 cm³/mol. The summed E-state index contributed by atoms with van der Waals surface area (Å²) in [5, 5.41) is 0. The largest absolute Gasteiger partial charge is 0.256 e. The molecule has 3 heterocycles. The normalized spacial score (nSPS) is 11.8. The summed E-state index contributed by atoms with van der Waals surface area (Å²) in [5.41, 5.74) is 14.5. The monoisotopic (exact) mass is 677 g/mol. The van der Waals surface area contributed by atoms with Gasteiger partial charge in [0.25, 0.3) is 0 Å². The minimum absolute atomic E-state index is 0.0450. The van der Waals surface area contributed by atoms with E-state index in [1.807, 2.05) is 55.0 Å². The van der Waals surface area contributed by atoms with E-state index in [1.165, 1.54) is 33.4 Å². The summed E-state index contributed by atoms with van der Waals surface area (Å²) in [5.74, 6) is 0. The van der Waals surface area contributed by atoms with E-state index in [9.17, 15) is 0 Å². The van der Waals surface area contributed by atoms with Crippen LogP contribution >= 0.6 is 0 Å². The molecule has 4 aromatic carbocycles. The number of aryl methyl sites for hydroxylation is 2. The van der Waals surface area contributed by atoms with E-state index in [1.54, 1.807) is 0 Å². The first kappa shape index (κ1) is 34.8. The number of rotatable bonds is 12. The van der Waals surface area contributed by atoms with Gasteiger partial charge in [0.2, 0.25) is 0 Å². The van der Waals surface area contributed by atoms with E-state index in [0.29, 0.717) is 0 Å². The van der Waals surface area contributed by atoms with Gasteiger partial charge in [0.1, 0.15) is 0 Å². The van der Waals surface area contributed by atoms with E-state index in [0.717, 1.165) is 59.5 Å². The zero-order valence-corrected chi connectivity index (χ0v) is 30.8. The van der Waals surface area contributed by atoms with Crippen molar-refractivity contribution >= 4 is 0 Å². The Kier molecular flexibility index (Phi) is 10.2. The molecule has 0 unspecified atom stereocenters. The Balaban J connectivity index is 1.14. The lowest BCUT2D eigenvalue weighted by atomic mass is 9.76. The van der Waals surface area contributed by atoms with Gasteiger partial charge in [-0.15, -0.1) is 0 Å². The smallest absolute Gasteiger partial charge is 0.0701 e. The molecule has 258 valence electrons. The lowest BCUT2D eigenvalue weighted by molar-refractivity contribution is 0.514. The molecule has 0 atom stereocenters. The Bertz CT molecular complexity index is 2070. The maximum absolute atomic E-state index is 4.55. The molecule has 0 radical (unpaired) electrons. The standard InChI is InChI=1S/C49H47N3/c1-48(2,43-24-20-41(21-25-43)46-12-6-9-29-51-46)34-38-31-37(15-14-36-16-18-40(19-17-36)45-11-5-8-28-50-45)32-39(33-38)35-49(3,4)44-26-22-42(23-27-44)47-13-7-10-30-52-47/h5-13,16-33H,14-15,34-35H2,1-4H3. The van der Waals surface area contributed by atoms with Crippen molar-refractivity contribution in [3.63, 3.8) is 0 Å². The first-order valence-corrected chi connectivity index (χ1v) is 18.4. The number of benzene rings is 4. The molecule has 0 N–H and O–H groups in total. The molecule has 3 aromatic heterocycles. The van der Waals surface area contributed by atoms with Gasteiger partial charge in [-0.25, -0.2) is 0 Å². The molecule has 0 spiro atoms. The molecule has 0 aliphatic rings. The SMILES string of the molecule is CC(C)(Cc1cc(CCc2ccc(-c3ccccn3)cc2)cc(CC(C)(C)c2ccc(-c3ccccn3)cc2)c1)c1ccc(-c2ccccn2)cc1. The second-order valence-corrected chi connectivity index (χ2v) is 15.3. The van der Waals surface area contributed by atoms with Crippen LogP contribution in [-0.2, 0) is 36.5 Å². The summed E-state index contributed by atoms with van der Waals surface area (Å²) in [4.78, 5) is 13.6. The molecular weight excluding hydrogens is 631 g/mol. The van der Waals surface area contributed by atoms with Crippen molar-refractivity contribution in [1.29, 1.82) is 0 Å². The first-order chi connectivity index (χ1) is 25.2. The van der Waals surface area contributed by atoms with Crippen molar-refractivity contribution in [2.45, 2.75) is 64.2 Å². The molecule has 52 heavy (non-hydrogen) atoms. The zero-order chi connectivity index (χ0) is 36.0. The lowest BCUT2D eigenvalue weighted by Gasteiger charge is -2.28. The van der Waals surface area contributed by atoms with Crippen LogP contribution in [0.1, 0.15) is 61.1 Å². The van der Waals surface area contributed by atoms with Crippen LogP contribution in [0.4, 0.5) is 0 Å². The van der Waals surface area contributed by atoms with Gasteiger partial charge in [-0.1, -0.05) is 137 Å². The second kappa shape index (κ2) is 15.3. The van der Waals surface area contributed by atoms with Crippen molar-refractivity contribution in [3.05, 3.63) is 198 Å². The molecule has 7 rings (SSSR count). The molecule has 7 aromatic rings. The van der Waals surface area contributed by atoms with Crippen molar-refractivity contribution < 1.29 is 0 Å². The quantitative estimate of drug-likeness (QED) is 0.129. The van der Waals surface area contributed by atoms with Gasteiger partial charge in [-0.2, -0.15) is 0 Å². The van der Waals surface area contributed by atoms with Crippen molar-refractivity contribution in [2.24, 2.45) is 0 Å². The first-order valence-electron chi connectivity index (χ1n) is 18.4. The summed E-state index contributed by atoms with van der Waals surface area (Å²) in [6, 6.07) is 52.4. The molecule has 0 saturated heterocycles. The van der Waals surface area contributed by atoms with Gasteiger partial charge in [-0.05, 0) is 106 Å².